The van der Waals surface area contributed by atoms with E-state index in [-0.39, 0.29) is 5.54 Å². The van der Waals surface area contributed by atoms with E-state index in [0.717, 1.165) is 24.5 Å². The molecule has 0 radical (unpaired) electrons. The Bertz CT molecular complexity index is 538. The summed E-state index contributed by atoms with van der Waals surface area (Å²) in [6, 6.07) is 0. The van der Waals surface area contributed by atoms with Gasteiger partial charge in [-0.2, -0.15) is 4.98 Å². The molecule has 0 aliphatic rings. The van der Waals surface area contributed by atoms with Crippen LogP contribution in [0.1, 0.15) is 51.7 Å². The van der Waals surface area contributed by atoms with Crippen molar-refractivity contribution in [2.45, 2.75) is 59.2 Å². The van der Waals surface area contributed by atoms with Crippen LogP contribution in [0.2, 0.25) is 0 Å². The van der Waals surface area contributed by atoms with Crippen LogP contribution in [0, 0.1) is 0 Å². The van der Waals surface area contributed by atoms with Gasteiger partial charge in [-0.05, 0) is 27.2 Å². The van der Waals surface area contributed by atoms with E-state index in [9.17, 15) is 0 Å². The molecule has 0 saturated heterocycles. The van der Waals surface area contributed by atoms with E-state index < -0.39 is 0 Å². The highest BCUT2D eigenvalue weighted by molar-refractivity contribution is 4.97. The first-order chi connectivity index (χ1) is 9.48. The van der Waals surface area contributed by atoms with Gasteiger partial charge in [-0.1, -0.05) is 12.1 Å². The largest absolute Gasteiger partial charge is 0.337 e. The van der Waals surface area contributed by atoms with Crippen LogP contribution in [-0.2, 0) is 19.5 Å². The van der Waals surface area contributed by atoms with Crippen molar-refractivity contribution in [1.82, 2.24) is 25.0 Å². The molecular formula is C14H23N5O. The van der Waals surface area contributed by atoms with Crippen molar-refractivity contribution in [2.75, 3.05) is 0 Å². The van der Waals surface area contributed by atoms with Crippen LogP contribution in [0.25, 0.3) is 0 Å². The van der Waals surface area contributed by atoms with Gasteiger partial charge in [0, 0.05) is 24.4 Å². The number of aromatic nitrogens is 4. The molecule has 0 unspecified atom stereocenters. The predicted molar refractivity (Wildman–Crippen MR) is 76.2 cm³/mol. The molecule has 0 aliphatic heterocycles. The fraction of sp³-hybridized carbons (Fsp3) is 0.643. The maximum atomic E-state index is 5.26. The lowest BCUT2D eigenvalue weighted by Gasteiger charge is -2.20. The summed E-state index contributed by atoms with van der Waals surface area (Å²) in [4.78, 5) is 8.75. The van der Waals surface area contributed by atoms with Crippen LogP contribution >= 0.6 is 0 Å². The Morgan fingerprint density at radius 1 is 1.35 bits per heavy atom. The van der Waals surface area contributed by atoms with Gasteiger partial charge in [-0.25, -0.2) is 4.98 Å². The topological polar surface area (TPSA) is 68.8 Å². The first-order valence-corrected chi connectivity index (χ1v) is 7.04. The summed E-state index contributed by atoms with van der Waals surface area (Å²) < 4.78 is 7.29. The second-order valence-corrected chi connectivity index (χ2v) is 5.93. The molecule has 6 heteroatoms. The Balaban J connectivity index is 2.00. The minimum Gasteiger partial charge on any atom is -0.337 e. The second kappa shape index (κ2) is 6.17. The molecule has 20 heavy (non-hydrogen) atoms. The maximum Gasteiger partial charge on any atom is 0.246 e. The Morgan fingerprint density at radius 2 is 2.15 bits per heavy atom. The number of aryl methyl sites for hydroxylation is 1. The predicted octanol–water partition coefficient (Wildman–Crippen LogP) is 2.16. The molecule has 110 valence electrons. The quantitative estimate of drug-likeness (QED) is 0.876. The van der Waals surface area contributed by atoms with Gasteiger partial charge in [-0.15, -0.1) is 0 Å². The van der Waals surface area contributed by atoms with Crippen LogP contribution in [0.15, 0.2) is 16.9 Å². The molecular weight excluding hydrogens is 254 g/mol. The SMILES string of the molecule is CCCc1noc(Cn2ccnc2CNC(C)(C)C)n1. The Labute approximate surface area is 119 Å². The third-order valence-electron chi connectivity index (χ3n) is 2.87. The van der Waals surface area contributed by atoms with E-state index in [1.165, 1.54) is 0 Å². The summed E-state index contributed by atoms with van der Waals surface area (Å²) >= 11 is 0. The van der Waals surface area contributed by atoms with E-state index in [2.05, 4.69) is 48.1 Å². The zero-order valence-corrected chi connectivity index (χ0v) is 12.7. The van der Waals surface area contributed by atoms with Gasteiger partial charge in [0.2, 0.25) is 5.89 Å². The molecule has 0 bridgehead atoms. The van der Waals surface area contributed by atoms with Crippen molar-refractivity contribution in [2.24, 2.45) is 0 Å². The second-order valence-electron chi connectivity index (χ2n) is 5.93. The molecule has 2 rings (SSSR count). The summed E-state index contributed by atoms with van der Waals surface area (Å²) in [6.45, 7) is 9.78. The molecule has 2 aromatic heterocycles. The number of hydrogen-bond donors (Lipinski definition) is 1. The monoisotopic (exact) mass is 277 g/mol. The standard InChI is InChI=1S/C14H23N5O/c1-5-6-11-17-13(20-18-11)10-19-8-7-15-12(19)9-16-14(2,3)4/h7-8,16H,5-6,9-10H2,1-4H3. The Hall–Kier alpha value is -1.69. The lowest BCUT2D eigenvalue weighted by Crippen LogP contribution is -2.36. The first-order valence-electron chi connectivity index (χ1n) is 7.04. The van der Waals surface area contributed by atoms with Gasteiger partial charge in [0.25, 0.3) is 0 Å². The Kier molecular flexibility index (Phi) is 4.54. The van der Waals surface area contributed by atoms with Crippen LogP contribution < -0.4 is 5.32 Å². The minimum absolute atomic E-state index is 0.0650. The first kappa shape index (κ1) is 14.7. The molecule has 0 saturated carbocycles. The van der Waals surface area contributed by atoms with Gasteiger partial charge in [0.1, 0.15) is 12.4 Å². The van der Waals surface area contributed by atoms with Gasteiger partial charge >= 0.3 is 0 Å². The smallest absolute Gasteiger partial charge is 0.246 e. The van der Waals surface area contributed by atoms with Gasteiger partial charge in [0.05, 0.1) is 6.54 Å². The summed E-state index contributed by atoms with van der Waals surface area (Å²) in [7, 11) is 0. The van der Waals surface area contributed by atoms with Crippen molar-refractivity contribution >= 4 is 0 Å². The highest BCUT2D eigenvalue weighted by Crippen LogP contribution is 2.07. The van der Waals surface area contributed by atoms with Crippen molar-refractivity contribution in [3.05, 3.63) is 29.9 Å². The van der Waals surface area contributed by atoms with Crippen molar-refractivity contribution in [3.63, 3.8) is 0 Å². The normalized spacial score (nSPS) is 12.0. The third kappa shape index (κ3) is 4.16. The molecule has 0 aliphatic carbocycles. The zero-order chi connectivity index (χ0) is 14.6. The average Bonchev–Trinajstić information content (AvgIpc) is 2.97. The zero-order valence-electron chi connectivity index (χ0n) is 12.7. The lowest BCUT2D eigenvalue weighted by molar-refractivity contribution is 0.361. The fourth-order valence-corrected chi connectivity index (χ4v) is 1.82. The highest BCUT2D eigenvalue weighted by Gasteiger charge is 2.13. The van der Waals surface area contributed by atoms with Crippen LogP contribution in [0.4, 0.5) is 0 Å². The third-order valence-corrected chi connectivity index (χ3v) is 2.87. The molecule has 2 aromatic rings. The Morgan fingerprint density at radius 3 is 2.85 bits per heavy atom. The van der Waals surface area contributed by atoms with Gasteiger partial charge in [0.15, 0.2) is 5.82 Å². The number of nitrogens with zero attached hydrogens (tertiary/aromatic N) is 4. The summed E-state index contributed by atoms with van der Waals surface area (Å²) in [6.07, 6.45) is 5.60. The highest BCUT2D eigenvalue weighted by atomic mass is 16.5. The fourth-order valence-electron chi connectivity index (χ4n) is 1.82. The molecule has 0 spiro atoms. The molecule has 2 heterocycles. The molecule has 0 amide bonds. The van der Waals surface area contributed by atoms with E-state index >= 15 is 0 Å². The van der Waals surface area contributed by atoms with Gasteiger partial charge in [-0.3, -0.25) is 0 Å². The average molecular weight is 277 g/mol. The molecule has 0 aromatic carbocycles. The van der Waals surface area contributed by atoms with Crippen molar-refractivity contribution in [3.8, 4) is 0 Å². The van der Waals surface area contributed by atoms with E-state index in [1.807, 2.05) is 10.8 Å². The maximum absolute atomic E-state index is 5.26. The van der Waals surface area contributed by atoms with Crippen LogP contribution in [-0.4, -0.2) is 25.2 Å². The number of rotatable bonds is 6. The number of hydrogen-bond acceptors (Lipinski definition) is 5. The van der Waals surface area contributed by atoms with E-state index in [0.29, 0.717) is 19.0 Å². The summed E-state index contributed by atoms with van der Waals surface area (Å²) in [5.74, 6) is 2.37. The molecule has 6 nitrogen and oxygen atoms in total. The van der Waals surface area contributed by atoms with Crippen molar-refractivity contribution < 1.29 is 4.52 Å². The molecule has 1 N–H and O–H groups in total. The summed E-state index contributed by atoms with van der Waals surface area (Å²) in [5, 5.41) is 7.39. The van der Waals surface area contributed by atoms with Crippen LogP contribution in [0.5, 0.6) is 0 Å². The number of nitrogens with one attached hydrogen (secondary N) is 1. The lowest BCUT2D eigenvalue weighted by atomic mass is 10.1. The van der Waals surface area contributed by atoms with Crippen LogP contribution in [0.3, 0.4) is 0 Å². The van der Waals surface area contributed by atoms with Gasteiger partial charge < -0.3 is 14.4 Å². The number of imidazole rings is 1. The molecule has 0 fully saturated rings. The van der Waals surface area contributed by atoms with E-state index in [1.54, 1.807) is 6.20 Å². The summed E-state index contributed by atoms with van der Waals surface area (Å²) in [5.41, 5.74) is 0.0650. The molecule has 0 atom stereocenters. The van der Waals surface area contributed by atoms with E-state index in [4.69, 9.17) is 4.52 Å². The van der Waals surface area contributed by atoms with Crippen molar-refractivity contribution in [1.29, 1.82) is 0 Å². The minimum atomic E-state index is 0.0650.